The molecule has 0 spiro atoms. The topological polar surface area (TPSA) is 66.9 Å². The highest BCUT2D eigenvalue weighted by atomic mass is 16.5. The first-order chi connectivity index (χ1) is 11.4. The van der Waals surface area contributed by atoms with Crippen molar-refractivity contribution in [2.45, 2.75) is 19.9 Å². The van der Waals surface area contributed by atoms with Gasteiger partial charge >= 0.3 is 12.0 Å². The third kappa shape index (κ3) is 2.88. The number of hydrogen-bond acceptors (Lipinski definition) is 4. The summed E-state index contributed by atoms with van der Waals surface area (Å²) in [5, 5.41) is 0. The van der Waals surface area contributed by atoms with Gasteiger partial charge in [0, 0.05) is 12.6 Å². The highest BCUT2D eigenvalue weighted by Gasteiger charge is 2.43. The lowest BCUT2D eigenvalue weighted by Crippen LogP contribution is -2.52. The molecule has 0 fully saturated rings. The molecule has 1 atom stereocenters. The van der Waals surface area contributed by atoms with Crippen molar-refractivity contribution in [3.8, 4) is 12.3 Å². The van der Waals surface area contributed by atoms with Crippen molar-refractivity contribution in [3.63, 3.8) is 0 Å². The van der Waals surface area contributed by atoms with Crippen molar-refractivity contribution >= 4 is 17.9 Å². The second-order valence-electron chi connectivity index (χ2n) is 5.27. The van der Waals surface area contributed by atoms with Crippen LogP contribution in [0, 0.1) is 12.3 Å². The number of hydrogen-bond donors (Lipinski definition) is 0. The molecule has 0 bridgehead atoms. The third-order valence-corrected chi connectivity index (χ3v) is 3.87. The lowest BCUT2D eigenvalue weighted by atomic mass is 9.93. The zero-order valence-electron chi connectivity index (χ0n) is 13.8. The summed E-state index contributed by atoms with van der Waals surface area (Å²) in [4.78, 5) is 39.6. The molecular weight excluding hydrogens is 308 g/mol. The van der Waals surface area contributed by atoms with Crippen molar-refractivity contribution in [3.05, 3.63) is 47.2 Å². The van der Waals surface area contributed by atoms with E-state index in [1.54, 1.807) is 31.2 Å². The smallest absolute Gasteiger partial charge is 0.338 e. The van der Waals surface area contributed by atoms with Gasteiger partial charge < -0.3 is 4.74 Å². The van der Waals surface area contributed by atoms with E-state index in [-0.39, 0.29) is 12.1 Å². The van der Waals surface area contributed by atoms with E-state index in [1.807, 2.05) is 6.07 Å². The van der Waals surface area contributed by atoms with Crippen LogP contribution in [-0.4, -0.2) is 41.4 Å². The average Bonchev–Trinajstić information content (AvgIpc) is 2.57. The number of urea groups is 1. The molecule has 1 aliphatic heterocycles. The third-order valence-electron chi connectivity index (χ3n) is 3.87. The maximum absolute atomic E-state index is 12.8. The summed E-state index contributed by atoms with van der Waals surface area (Å²) in [6.45, 7) is 2.85. The normalized spacial score (nSPS) is 17.6. The number of nitrogens with zero attached hydrogens (tertiary/aromatic N) is 2. The molecule has 124 valence electrons. The highest BCUT2D eigenvalue weighted by molar-refractivity contribution is 6.01. The number of benzene rings is 1. The van der Waals surface area contributed by atoms with Crippen LogP contribution in [0.25, 0.3) is 0 Å². The summed E-state index contributed by atoms with van der Waals surface area (Å²) in [6, 6.07) is 7.46. The van der Waals surface area contributed by atoms with Gasteiger partial charge in [-0.2, -0.15) is 0 Å². The van der Waals surface area contributed by atoms with Crippen LogP contribution in [0.4, 0.5) is 4.79 Å². The Morgan fingerprint density at radius 3 is 2.42 bits per heavy atom. The van der Waals surface area contributed by atoms with E-state index in [1.165, 1.54) is 18.9 Å². The number of imide groups is 1. The molecule has 6 nitrogen and oxygen atoms in total. The molecule has 0 N–H and O–H groups in total. The Bertz CT molecular complexity index is 746. The largest absolute Gasteiger partial charge is 0.466 e. The number of ether oxygens (including phenoxy) is 1. The summed E-state index contributed by atoms with van der Waals surface area (Å²) in [6.07, 6.45) is 5.32. The maximum Gasteiger partial charge on any atom is 0.338 e. The van der Waals surface area contributed by atoms with Crippen LogP contribution in [0.1, 0.15) is 25.5 Å². The van der Waals surface area contributed by atoms with Gasteiger partial charge in [-0.1, -0.05) is 36.3 Å². The fourth-order valence-electron chi connectivity index (χ4n) is 2.77. The molecule has 0 saturated heterocycles. The molecular formula is C18H18N2O4. The molecule has 1 unspecified atom stereocenters. The Hall–Kier alpha value is -3.07. The lowest BCUT2D eigenvalue weighted by Gasteiger charge is -2.40. The maximum atomic E-state index is 12.8. The minimum atomic E-state index is -0.849. The average molecular weight is 326 g/mol. The zero-order chi connectivity index (χ0) is 17.9. The van der Waals surface area contributed by atoms with Gasteiger partial charge in [-0.25, -0.2) is 9.59 Å². The van der Waals surface area contributed by atoms with E-state index in [2.05, 4.69) is 5.92 Å². The number of carbonyl (C=O) groups is 3. The number of allylic oxidation sites excluding steroid dienone is 1. The lowest BCUT2D eigenvalue weighted by molar-refractivity contribution is -0.138. The summed E-state index contributed by atoms with van der Waals surface area (Å²) >= 11 is 0. The van der Waals surface area contributed by atoms with Crippen molar-refractivity contribution in [1.82, 2.24) is 9.80 Å². The first-order valence-corrected chi connectivity index (χ1v) is 7.32. The number of amides is 3. The first-order valence-electron chi connectivity index (χ1n) is 7.32. The second kappa shape index (κ2) is 7.01. The van der Waals surface area contributed by atoms with Crippen molar-refractivity contribution < 1.29 is 19.1 Å². The Morgan fingerprint density at radius 2 is 1.92 bits per heavy atom. The van der Waals surface area contributed by atoms with Crippen molar-refractivity contribution in [1.29, 1.82) is 0 Å². The van der Waals surface area contributed by atoms with Crippen LogP contribution in [0.2, 0.25) is 0 Å². The number of esters is 1. The predicted octanol–water partition coefficient (Wildman–Crippen LogP) is 2.09. The zero-order valence-corrected chi connectivity index (χ0v) is 13.8. The van der Waals surface area contributed by atoms with Crippen LogP contribution in [0.3, 0.4) is 0 Å². The van der Waals surface area contributed by atoms with Crippen molar-refractivity contribution in [2.24, 2.45) is 0 Å². The Morgan fingerprint density at radius 1 is 1.29 bits per heavy atom. The van der Waals surface area contributed by atoms with Crippen LogP contribution >= 0.6 is 0 Å². The molecule has 0 aromatic heterocycles. The van der Waals surface area contributed by atoms with E-state index < -0.39 is 23.9 Å². The second-order valence-corrected chi connectivity index (χ2v) is 5.27. The number of terminal acetylenes is 1. The molecule has 1 aliphatic rings. The standard InChI is InChI=1S/C18H18N2O4/c1-5-11-19-12(2)15(17(22)24-4)16(14-9-7-6-8-10-14)20(13(3)21)18(19)23/h1,6-10,16H,11H2,2-4H3. The minimum Gasteiger partial charge on any atom is -0.466 e. The first kappa shape index (κ1) is 17.3. The monoisotopic (exact) mass is 326 g/mol. The fraction of sp³-hybridized carbons (Fsp3) is 0.278. The number of carbonyl (C=O) groups excluding carboxylic acids is 3. The predicted molar refractivity (Wildman–Crippen MR) is 87.4 cm³/mol. The molecule has 6 heteroatoms. The Kier molecular flexibility index (Phi) is 5.05. The Labute approximate surface area is 140 Å². The fourth-order valence-corrected chi connectivity index (χ4v) is 2.77. The molecule has 2 rings (SSSR count). The summed E-state index contributed by atoms with van der Waals surface area (Å²) in [7, 11) is 1.25. The van der Waals surface area contributed by atoms with Crippen molar-refractivity contribution in [2.75, 3.05) is 13.7 Å². The van der Waals surface area contributed by atoms with E-state index in [4.69, 9.17) is 11.2 Å². The molecule has 24 heavy (non-hydrogen) atoms. The highest BCUT2D eigenvalue weighted by Crippen LogP contribution is 2.37. The quantitative estimate of drug-likeness (QED) is 0.630. The van der Waals surface area contributed by atoms with Crippen LogP contribution < -0.4 is 0 Å². The number of methoxy groups -OCH3 is 1. The van der Waals surface area contributed by atoms with Crippen LogP contribution in [-0.2, 0) is 14.3 Å². The van der Waals surface area contributed by atoms with Gasteiger partial charge in [0.1, 0.15) is 6.04 Å². The van der Waals surface area contributed by atoms with Gasteiger partial charge in [0.2, 0.25) is 5.91 Å². The number of rotatable bonds is 3. The van der Waals surface area contributed by atoms with Crippen LogP contribution in [0.5, 0.6) is 0 Å². The summed E-state index contributed by atoms with van der Waals surface area (Å²) in [5.41, 5.74) is 1.24. The molecule has 1 aromatic carbocycles. The van der Waals surface area contributed by atoms with E-state index in [9.17, 15) is 14.4 Å². The molecule has 0 radical (unpaired) electrons. The summed E-state index contributed by atoms with van der Waals surface area (Å²) in [5.74, 6) is 1.28. The molecule has 1 heterocycles. The van der Waals surface area contributed by atoms with Gasteiger partial charge in [0.05, 0.1) is 19.2 Å². The molecule has 1 aromatic rings. The van der Waals surface area contributed by atoms with Gasteiger partial charge in [-0.3, -0.25) is 14.6 Å². The molecule has 3 amide bonds. The van der Waals surface area contributed by atoms with Gasteiger partial charge in [0.25, 0.3) is 0 Å². The molecule has 0 aliphatic carbocycles. The van der Waals surface area contributed by atoms with Gasteiger partial charge in [0.15, 0.2) is 0 Å². The Balaban J connectivity index is 2.74. The van der Waals surface area contributed by atoms with E-state index >= 15 is 0 Å². The minimum absolute atomic E-state index is 0.0452. The van der Waals surface area contributed by atoms with E-state index in [0.717, 1.165) is 4.90 Å². The SMILES string of the molecule is C#CCN1C(=O)N(C(C)=O)C(c2ccccc2)C(C(=O)OC)=C1C. The summed E-state index contributed by atoms with van der Waals surface area (Å²) < 4.78 is 4.88. The molecule has 0 saturated carbocycles. The van der Waals surface area contributed by atoms with Gasteiger partial charge in [-0.15, -0.1) is 6.42 Å². The van der Waals surface area contributed by atoms with Gasteiger partial charge in [-0.05, 0) is 12.5 Å². The van der Waals surface area contributed by atoms with E-state index in [0.29, 0.717) is 11.3 Å². The van der Waals surface area contributed by atoms with Crippen LogP contribution in [0.15, 0.2) is 41.6 Å².